The van der Waals surface area contributed by atoms with Crippen LogP contribution < -0.4 is 49.1 Å². The van der Waals surface area contributed by atoms with Crippen molar-refractivity contribution in [3.05, 3.63) is 36.0 Å². The third-order valence-electron chi connectivity index (χ3n) is 7.13. The minimum Gasteiger partial charge on any atom is -0.481 e. The van der Waals surface area contributed by atoms with Crippen molar-refractivity contribution in [1.82, 2.24) is 36.9 Å². The lowest BCUT2D eigenvalue weighted by molar-refractivity contribution is -0.143. The Morgan fingerprint density at radius 1 is 0.776 bits per heavy atom. The summed E-state index contributed by atoms with van der Waals surface area (Å²) in [6.45, 7) is -0.163. The first-order valence-corrected chi connectivity index (χ1v) is 15.3. The fourth-order valence-corrected chi connectivity index (χ4v) is 4.66. The molecule has 4 atom stereocenters. The number of aliphatic carboxylic acids is 2. The summed E-state index contributed by atoms with van der Waals surface area (Å²) in [5.41, 5.74) is 17.6. The van der Waals surface area contributed by atoms with Gasteiger partial charge in [-0.1, -0.05) is 18.2 Å². The molecule has 0 unspecified atom stereocenters. The molecule has 20 heteroatoms. The third kappa shape index (κ3) is 14.2. The van der Waals surface area contributed by atoms with Crippen molar-refractivity contribution < 1.29 is 39.0 Å². The van der Waals surface area contributed by atoms with E-state index < -0.39 is 72.7 Å². The van der Waals surface area contributed by atoms with Crippen LogP contribution in [0.1, 0.15) is 37.7 Å². The van der Waals surface area contributed by atoms with E-state index >= 15 is 0 Å². The summed E-state index contributed by atoms with van der Waals surface area (Å²) < 4.78 is 0. The van der Waals surface area contributed by atoms with Gasteiger partial charge in [-0.25, -0.2) is 4.79 Å². The Hall–Kier alpha value is -5.92. The van der Waals surface area contributed by atoms with E-state index in [1.807, 2.05) is 0 Å². The summed E-state index contributed by atoms with van der Waals surface area (Å²) in [5, 5.41) is 48.7. The van der Waals surface area contributed by atoms with Gasteiger partial charge in [-0.05, 0) is 37.3 Å². The second-order valence-electron chi connectivity index (χ2n) is 11.0. The maximum atomic E-state index is 13.5. The van der Waals surface area contributed by atoms with E-state index in [2.05, 4.69) is 36.9 Å². The first-order valence-electron chi connectivity index (χ1n) is 15.3. The summed E-state index contributed by atoms with van der Waals surface area (Å²) in [7, 11) is 0. The second-order valence-corrected chi connectivity index (χ2v) is 11.0. The number of guanidine groups is 2. The van der Waals surface area contributed by atoms with E-state index in [0.29, 0.717) is 18.5 Å². The lowest BCUT2D eigenvalue weighted by atomic mass is 10.0. The van der Waals surface area contributed by atoms with Gasteiger partial charge in [0.05, 0.1) is 19.0 Å². The summed E-state index contributed by atoms with van der Waals surface area (Å²) in [5.74, 6) is -6.87. The molecule has 49 heavy (non-hydrogen) atoms. The van der Waals surface area contributed by atoms with E-state index in [-0.39, 0.29) is 44.1 Å². The van der Waals surface area contributed by atoms with Crippen LogP contribution in [0.2, 0.25) is 0 Å². The number of amides is 4. The van der Waals surface area contributed by atoms with E-state index in [0.717, 1.165) is 10.9 Å². The lowest BCUT2D eigenvalue weighted by Gasteiger charge is -2.24. The smallest absolute Gasteiger partial charge is 0.326 e. The zero-order valence-corrected chi connectivity index (χ0v) is 26.6. The van der Waals surface area contributed by atoms with Crippen molar-refractivity contribution in [2.24, 2.45) is 17.2 Å². The number of carboxylic acids is 2. The summed E-state index contributed by atoms with van der Waals surface area (Å²) in [6.07, 6.45) is 1.39. The molecule has 0 fully saturated rings. The Morgan fingerprint density at radius 3 is 1.98 bits per heavy atom. The predicted molar refractivity (Wildman–Crippen MR) is 177 cm³/mol. The number of aromatic amines is 1. The first-order chi connectivity index (χ1) is 23.2. The highest BCUT2D eigenvalue weighted by Gasteiger charge is 2.31. The van der Waals surface area contributed by atoms with Gasteiger partial charge in [0.1, 0.15) is 18.1 Å². The minimum absolute atomic E-state index is 0.0442. The van der Waals surface area contributed by atoms with Crippen LogP contribution >= 0.6 is 0 Å². The highest BCUT2D eigenvalue weighted by molar-refractivity contribution is 5.96. The molecule has 1 aromatic carbocycles. The molecule has 0 spiro atoms. The molecule has 0 saturated heterocycles. The van der Waals surface area contributed by atoms with Gasteiger partial charge < -0.3 is 64.3 Å². The van der Waals surface area contributed by atoms with Gasteiger partial charge in [-0.15, -0.1) is 0 Å². The van der Waals surface area contributed by atoms with Crippen LogP contribution in [-0.4, -0.2) is 106 Å². The van der Waals surface area contributed by atoms with Crippen molar-refractivity contribution in [2.75, 3.05) is 19.6 Å². The zero-order chi connectivity index (χ0) is 36.5. The molecular weight excluding hydrogens is 644 g/mol. The standard InChI is InChI=1S/C29H44N12O8/c30-17(6-3-9-35-28(31)32)24(45)38-14-22(42)39-21(12-23(43)44)26(47)41-20(11-15-13-37-18-7-2-1-5-16(15)18)25(46)40-19(27(48)49)8-4-10-36-29(33)34/h1-2,5,7,13,17,19-21,37H,3-4,6,8-12,14,30H2,(H,38,45)(H,39,42)(H,40,46)(H,41,47)(H,43,44)(H,48,49)(H4,31,32,35)(H4,33,34,36)/t17-,19-,20-,21-/m0/s1. The Bertz CT molecular complexity index is 1510. The number of carbonyl (C=O) groups is 6. The topological polar surface area (TPSA) is 357 Å². The molecule has 1 heterocycles. The normalized spacial score (nSPS) is 13.2. The highest BCUT2D eigenvalue weighted by Crippen LogP contribution is 2.19. The predicted octanol–water partition coefficient (Wildman–Crippen LogP) is -3.31. The summed E-state index contributed by atoms with van der Waals surface area (Å²) in [6, 6.07) is 1.65. The summed E-state index contributed by atoms with van der Waals surface area (Å²) >= 11 is 0. The molecule has 0 aliphatic rings. The zero-order valence-electron chi connectivity index (χ0n) is 26.6. The van der Waals surface area contributed by atoms with Crippen LogP contribution in [0.5, 0.6) is 0 Å². The highest BCUT2D eigenvalue weighted by atomic mass is 16.4. The number of para-hydroxylation sites is 1. The van der Waals surface area contributed by atoms with E-state index in [4.69, 9.17) is 28.0 Å². The monoisotopic (exact) mass is 688 g/mol. The maximum Gasteiger partial charge on any atom is 0.326 e. The van der Waals surface area contributed by atoms with Crippen molar-refractivity contribution >= 4 is 58.4 Å². The Balaban J connectivity index is 2.16. The van der Waals surface area contributed by atoms with Gasteiger partial charge in [0.15, 0.2) is 11.9 Å². The van der Waals surface area contributed by atoms with Gasteiger partial charge >= 0.3 is 11.9 Å². The molecule has 20 nitrogen and oxygen atoms in total. The van der Waals surface area contributed by atoms with Crippen LogP contribution in [0.25, 0.3) is 10.9 Å². The van der Waals surface area contributed by atoms with Gasteiger partial charge in [0, 0.05) is 36.6 Å². The SMILES string of the molecule is N=C(N)NCCC[C@H](NC(=O)[C@H](Cc1c[nH]c2ccccc12)NC(=O)[C@H](CC(=O)O)NC(=O)CNC(=O)[C@@H](N)CCCNC(=N)N)C(=O)O. The van der Waals surface area contributed by atoms with Crippen molar-refractivity contribution in [2.45, 2.75) is 62.7 Å². The molecule has 0 saturated carbocycles. The van der Waals surface area contributed by atoms with Gasteiger partial charge in [0.2, 0.25) is 23.6 Å². The number of nitrogens with two attached hydrogens (primary N) is 3. The Morgan fingerprint density at radius 2 is 1.37 bits per heavy atom. The van der Waals surface area contributed by atoms with Crippen LogP contribution in [0.3, 0.4) is 0 Å². The summed E-state index contributed by atoms with van der Waals surface area (Å²) in [4.78, 5) is 78.4. The van der Waals surface area contributed by atoms with E-state index in [1.54, 1.807) is 30.5 Å². The average Bonchev–Trinajstić information content (AvgIpc) is 3.44. The number of rotatable bonds is 21. The molecular formula is C29H44N12O8. The first kappa shape index (κ1) is 39.3. The van der Waals surface area contributed by atoms with Crippen LogP contribution in [0.15, 0.2) is 30.5 Å². The second kappa shape index (κ2) is 19.7. The van der Waals surface area contributed by atoms with Crippen molar-refractivity contribution in [1.29, 1.82) is 10.8 Å². The molecule has 17 N–H and O–H groups in total. The fourth-order valence-electron chi connectivity index (χ4n) is 4.66. The van der Waals surface area contributed by atoms with Crippen molar-refractivity contribution in [3.63, 3.8) is 0 Å². The van der Waals surface area contributed by atoms with Crippen LogP contribution in [-0.2, 0) is 35.2 Å². The number of aromatic nitrogens is 1. The van der Waals surface area contributed by atoms with Crippen molar-refractivity contribution in [3.8, 4) is 0 Å². The molecule has 0 bridgehead atoms. The molecule has 0 aliphatic carbocycles. The molecule has 2 rings (SSSR count). The Labute approximate surface area is 280 Å². The number of hydrogen-bond acceptors (Lipinski definition) is 9. The molecule has 2 aromatic rings. The minimum atomic E-state index is -1.68. The number of benzene rings is 1. The largest absolute Gasteiger partial charge is 0.481 e. The van der Waals surface area contributed by atoms with Gasteiger partial charge in [-0.3, -0.25) is 34.8 Å². The number of nitrogens with one attached hydrogen (secondary N) is 9. The Kier molecular flexibility index (Phi) is 15.8. The number of carbonyl (C=O) groups excluding carboxylic acids is 4. The molecule has 1 aromatic heterocycles. The lowest BCUT2D eigenvalue weighted by Crippen LogP contribution is -2.57. The van der Waals surface area contributed by atoms with Crippen LogP contribution in [0.4, 0.5) is 0 Å². The third-order valence-corrected chi connectivity index (χ3v) is 7.13. The van der Waals surface area contributed by atoms with Gasteiger partial charge in [-0.2, -0.15) is 0 Å². The number of H-pyrrole nitrogens is 1. The van der Waals surface area contributed by atoms with E-state index in [1.165, 1.54) is 0 Å². The molecule has 0 radical (unpaired) electrons. The maximum absolute atomic E-state index is 13.5. The molecule has 268 valence electrons. The molecule has 0 aliphatic heterocycles. The number of carboxylic acid groups (broad SMARTS) is 2. The molecule has 4 amide bonds. The number of hydrogen-bond donors (Lipinski definition) is 14. The fraction of sp³-hybridized carbons (Fsp3) is 0.448. The average molecular weight is 689 g/mol. The van der Waals surface area contributed by atoms with E-state index in [9.17, 15) is 39.0 Å². The van der Waals surface area contributed by atoms with Crippen LogP contribution in [0, 0.1) is 10.8 Å². The quantitative estimate of drug-likeness (QED) is 0.0347. The van der Waals surface area contributed by atoms with Gasteiger partial charge in [0.25, 0.3) is 0 Å². The number of fused-ring (bicyclic) bond motifs is 1.